The molecule has 2 amide bonds. The maximum absolute atomic E-state index is 12.7. The third-order valence-electron chi connectivity index (χ3n) is 4.66. The molecule has 156 valence electrons. The number of amides is 2. The number of hydrogen-bond acceptors (Lipinski definition) is 6. The minimum atomic E-state index is -0.675. The maximum atomic E-state index is 12.7. The van der Waals surface area contributed by atoms with Gasteiger partial charge in [0.2, 0.25) is 5.91 Å². The van der Waals surface area contributed by atoms with Crippen molar-refractivity contribution in [2.45, 2.75) is 31.8 Å². The second kappa shape index (κ2) is 11.9. The number of hydrogen-bond donors (Lipinski definition) is 3. The number of nitro benzene ring substituents is 1. The van der Waals surface area contributed by atoms with Crippen LogP contribution in [0.4, 0.5) is 5.69 Å². The molecule has 1 fully saturated rings. The van der Waals surface area contributed by atoms with Gasteiger partial charge >= 0.3 is 0 Å². The van der Waals surface area contributed by atoms with Crippen LogP contribution in [0.2, 0.25) is 0 Å². The minimum Gasteiger partial charge on any atom is -0.351 e. The molecule has 0 spiro atoms. The summed E-state index contributed by atoms with van der Waals surface area (Å²) in [5.41, 5.74) is 0.0117. The van der Waals surface area contributed by atoms with Crippen LogP contribution in [-0.2, 0) is 4.79 Å². The normalized spacial score (nSPS) is 19.8. The van der Waals surface area contributed by atoms with Crippen molar-refractivity contribution in [3.05, 3.63) is 39.9 Å². The SMILES string of the molecule is CSCCC(NC(=O)c1cccc([N+](=O)[O-])c1)C(=O)NC1CCNCC1C.Cl. The van der Waals surface area contributed by atoms with E-state index in [-0.39, 0.29) is 35.6 Å². The molecule has 0 aromatic heterocycles. The lowest BCUT2D eigenvalue weighted by molar-refractivity contribution is -0.384. The highest BCUT2D eigenvalue weighted by atomic mass is 35.5. The number of thioether (sulfide) groups is 1. The first-order valence-corrected chi connectivity index (χ1v) is 10.4. The number of benzene rings is 1. The van der Waals surface area contributed by atoms with Gasteiger partial charge in [-0.2, -0.15) is 11.8 Å². The zero-order chi connectivity index (χ0) is 19.8. The molecule has 3 N–H and O–H groups in total. The van der Waals surface area contributed by atoms with Crippen molar-refractivity contribution in [2.75, 3.05) is 25.1 Å². The number of nitrogens with one attached hydrogen (secondary N) is 3. The average molecular weight is 431 g/mol. The number of halogens is 1. The molecule has 1 aromatic rings. The Hall–Kier alpha value is -1.84. The molecule has 1 heterocycles. The van der Waals surface area contributed by atoms with Gasteiger partial charge < -0.3 is 16.0 Å². The van der Waals surface area contributed by atoms with Gasteiger partial charge in [-0.15, -0.1) is 12.4 Å². The van der Waals surface area contributed by atoms with E-state index in [9.17, 15) is 19.7 Å². The van der Waals surface area contributed by atoms with Crippen molar-refractivity contribution in [3.63, 3.8) is 0 Å². The van der Waals surface area contributed by atoms with Gasteiger partial charge in [-0.05, 0) is 49.9 Å². The van der Waals surface area contributed by atoms with Crippen molar-refractivity contribution in [1.82, 2.24) is 16.0 Å². The molecular weight excluding hydrogens is 404 g/mol. The smallest absolute Gasteiger partial charge is 0.270 e. The van der Waals surface area contributed by atoms with Gasteiger partial charge in [0, 0.05) is 23.7 Å². The van der Waals surface area contributed by atoms with Crippen LogP contribution in [0.5, 0.6) is 0 Å². The number of nitro groups is 1. The standard InChI is InChI=1S/C18H26N4O4S.ClH/c1-12-11-19-8-6-15(12)20-18(24)16(7-9-27-2)21-17(23)13-4-3-5-14(10-13)22(25)26;/h3-5,10,12,15-16,19H,6-9,11H2,1-2H3,(H,20,24)(H,21,23);1H. The minimum absolute atomic E-state index is 0. The molecule has 1 aromatic carbocycles. The second-order valence-electron chi connectivity index (χ2n) is 6.70. The van der Waals surface area contributed by atoms with Crippen molar-refractivity contribution in [3.8, 4) is 0 Å². The summed E-state index contributed by atoms with van der Waals surface area (Å²) in [5, 5.41) is 20.0. The molecule has 10 heteroatoms. The molecule has 1 aliphatic rings. The van der Waals surface area contributed by atoms with E-state index in [1.165, 1.54) is 24.3 Å². The molecule has 28 heavy (non-hydrogen) atoms. The second-order valence-corrected chi connectivity index (χ2v) is 7.69. The van der Waals surface area contributed by atoms with E-state index in [0.717, 1.165) is 25.3 Å². The summed E-state index contributed by atoms with van der Waals surface area (Å²) in [4.78, 5) is 35.6. The summed E-state index contributed by atoms with van der Waals surface area (Å²) in [6.07, 6.45) is 3.28. The molecule has 3 unspecified atom stereocenters. The highest BCUT2D eigenvalue weighted by Crippen LogP contribution is 2.14. The van der Waals surface area contributed by atoms with Gasteiger partial charge in [0.15, 0.2) is 0 Å². The lowest BCUT2D eigenvalue weighted by Gasteiger charge is -2.31. The summed E-state index contributed by atoms with van der Waals surface area (Å²) >= 11 is 1.59. The third kappa shape index (κ3) is 6.96. The molecule has 0 radical (unpaired) electrons. The largest absolute Gasteiger partial charge is 0.351 e. The van der Waals surface area contributed by atoms with E-state index in [0.29, 0.717) is 12.3 Å². The van der Waals surface area contributed by atoms with Crippen molar-refractivity contribution in [2.24, 2.45) is 5.92 Å². The van der Waals surface area contributed by atoms with Crippen LogP contribution in [0.3, 0.4) is 0 Å². The highest BCUT2D eigenvalue weighted by molar-refractivity contribution is 7.98. The highest BCUT2D eigenvalue weighted by Gasteiger charge is 2.27. The van der Waals surface area contributed by atoms with Crippen molar-refractivity contribution >= 4 is 41.7 Å². The van der Waals surface area contributed by atoms with Gasteiger partial charge in [-0.1, -0.05) is 13.0 Å². The first kappa shape index (κ1) is 24.2. The van der Waals surface area contributed by atoms with E-state index in [1.54, 1.807) is 11.8 Å². The van der Waals surface area contributed by atoms with Crippen LogP contribution in [-0.4, -0.2) is 53.9 Å². The maximum Gasteiger partial charge on any atom is 0.270 e. The molecule has 0 bridgehead atoms. The number of rotatable bonds is 8. The van der Waals surface area contributed by atoms with Crippen molar-refractivity contribution in [1.29, 1.82) is 0 Å². The fraction of sp³-hybridized carbons (Fsp3) is 0.556. The Kier molecular flexibility index (Phi) is 10.3. The van der Waals surface area contributed by atoms with E-state index >= 15 is 0 Å². The van der Waals surface area contributed by atoms with Gasteiger partial charge in [0.1, 0.15) is 6.04 Å². The Morgan fingerprint density at radius 3 is 2.82 bits per heavy atom. The van der Waals surface area contributed by atoms with Crippen LogP contribution < -0.4 is 16.0 Å². The van der Waals surface area contributed by atoms with E-state index < -0.39 is 16.9 Å². The molecule has 1 saturated heterocycles. The Balaban J connectivity index is 0.00000392. The Morgan fingerprint density at radius 2 is 2.18 bits per heavy atom. The summed E-state index contributed by atoms with van der Waals surface area (Å²) in [6, 6.07) is 4.90. The van der Waals surface area contributed by atoms with Crippen LogP contribution >= 0.6 is 24.2 Å². The predicted molar refractivity (Wildman–Crippen MR) is 113 cm³/mol. The third-order valence-corrected chi connectivity index (χ3v) is 5.31. The fourth-order valence-electron chi connectivity index (χ4n) is 3.02. The lowest BCUT2D eigenvalue weighted by Crippen LogP contribution is -2.54. The molecule has 3 atom stereocenters. The van der Waals surface area contributed by atoms with Crippen LogP contribution in [0.1, 0.15) is 30.1 Å². The molecule has 0 saturated carbocycles. The van der Waals surface area contributed by atoms with Crippen LogP contribution in [0, 0.1) is 16.0 Å². The molecular formula is C18H27ClN4O4S. The Bertz CT molecular complexity index is 691. The summed E-state index contributed by atoms with van der Waals surface area (Å²) in [7, 11) is 0. The molecule has 1 aliphatic heterocycles. The van der Waals surface area contributed by atoms with Gasteiger partial charge in [0.05, 0.1) is 4.92 Å². The zero-order valence-corrected chi connectivity index (χ0v) is 17.6. The van der Waals surface area contributed by atoms with Crippen LogP contribution in [0.25, 0.3) is 0 Å². The number of carbonyl (C=O) groups is 2. The Morgan fingerprint density at radius 1 is 1.43 bits per heavy atom. The van der Waals surface area contributed by atoms with E-state index in [4.69, 9.17) is 0 Å². The molecule has 0 aliphatic carbocycles. The van der Waals surface area contributed by atoms with E-state index in [1.807, 2.05) is 6.26 Å². The molecule has 8 nitrogen and oxygen atoms in total. The van der Waals surface area contributed by atoms with Crippen LogP contribution in [0.15, 0.2) is 24.3 Å². The zero-order valence-electron chi connectivity index (χ0n) is 16.0. The number of non-ortho nitro benzene ring substituents is 1. The number of carbonyl (C=O) groups excluding carboxylic acids is 2. The van der Waals surface area contributed by atoms with Gasteiger partial charge in [0.25, 0.3) is 11.6 Å². The first-order chi connectivity index (χ1) is 12.9. The Labute approximate surface area is 175 Å². The number of piperidine rings is 1. The first-order valence-electron chi connectivity index (χ1n) is 8.97. The average Bonchev–Trinajstić information content (AvgIpc) is 2.66. The van der Waals surface area contributed by atoms with Crippen molar-refractivity contribution < 1.29 is 14.5 Å². The number of nitrogens with zero attached hydrogens (tertiary/aromatic N) is 1. The predicted octanol–water partition coefficient (Wildman–Crippen LogP) is 1.98. The fourth-order valence-corrected chi connectivity index (χ4v) is 3.49. The van der Waals surface area contributed by atoms with Gasteiger partial charge in [-0.25, -0.2) is 0 Å². The summed E-state index contributed by atoms with van der Waals surface area (Å²) < 4.78 is 0. The van der Waals surface area contributed by atoms with Gasteiger partial charge in [-0.3, -0.25) is 19.7 Å². The monoisotopic (exact) mass is 430 g/mol. The lowest BCUT2D eigenvalue weighted by atomic mass is 9.95. The quantitative estimate of drug-likeness (QED) is 0.429. The summed E-state index contributed by atoms with van der Waals surface area (Å²) in [6.45, 7) is 3.78. The van der Waals surface area contributed by atoms with E-state index in [2.05, 4.69) is 22.9 Å². The molecule has 2 rings (SSSR count). The summed E-state index contributed by atoms with van der Waals surface area (Å²) in [5.74, 6) is 0.339. The topological polar surface area (TPSA) is 113 Å².